The number of ether oxygens (including phenoxy) is 1. The minimum atomic E-state index is -4.29. The molecule has 0 heterocycles. The monoisotopic (exact) mass is 335 g/mol. The van der Waals surface area contributed by atoms with E-state index in [2.05, 4.69) is 5.32 Å². The fourth-order valence-corrected chi connectivity index (χ4v) is 1.55. The summed E-state index contributed by atoms with van der Waals surface area (Å²) in [6.07, 6.45) is 3.64. The molecule has 0 aliphatic carbocycles. The molecule has 0 saturated carbocycles. The van der Waals surface area contributed by atoms with Crippen LogP contribution in [0.4, 0.5) is 13.2 Å². The number of halogens is 3. The quantitative estimate of drug-likeness (QED) is 0.323. The van der Waals surface area contributed by atoms with Crippen molar-refractivity contribution in [3.8, 4) is 0 Å². The van der Waals surface area contributed by atoms with Gasteiger partial charge in [-0.1, -0.05) is 18.2 Å². The summed E-state index contributed by atoms with van der Waals surface area (Å²) in [4.78, 5) is 10.3. The van der Waals surface area contributed by atoms with Gasteiger partial charge in [-0.15, -0.1) is 0 Å². The van der Waals surface area contributed by atoms with Crippen molar-refractivity contribution < 1.29 is 27.8 Å². The number of hydrogen-bond acceptors (Lipinski definition) is 3. The van der Waals surface area contributed by atoms with Crippen molar-refractivity contribution in [2.24, 2.45) is 0 Å². The summed E-state index contributed by atoms with van der Waals surface area (Å²) >= 11 is 0. The van der Waals surface area contributed by atoms with Crippen LogP contribution in [0.15, 0.2) is 36.1 Å². The number of hydrogen-bond donors (Lipinski definition) is 2. The van der Waals surface area contributed by atoms with Gasteiger partial charge in [0.15, 0.2) is 0 Å². The number of rotatable bonds is 12. The van der Waals surface area contributed by atoms with Gasteiger partial charge in [0.05, 0.1) is 12.4 Å². The maximum absolute atomic E-state index is 11.8. The second-order valence-corrected chi connectivity index (χ2v) is 4.87. The molecule has 0 aromatic rings. The van der Waals surface area contributed by atoms with Gasteiger partial charge in [0, 0.05) is 12.5 Å². The van der Waals surface area contributed by atoms with Gasteiger partial charge in [0.2, 0.25) is 0 Å². The lowest BCUT2D eigenvalue weighted by atomic mass is 10.2. The third-order valence-electron chi connectivity index (χ3n) is 2.66. The van der Waals surface area contributed by atoms with Crippen LogP contribution in [-0.4, -0.2) is 36.9 Å². The van der Waals surface area contributed by atoms with Gasteiger partial charge < -0.3 is 15.2 Å². The summed E-state index contributed by atoms with van der Waals surface area (Å²) in [5.74, 6) is -0.147. The highest BCUT2D eigenvalue weighted by Gasteiger charge is 2.21. The molecule has 0 aromatic carbocycles. The van der Waals surface area contributed by atoms with Gasteiger partial charge in [-0.05, 0) is 45.4 Å². The maximum atomic E-state index is 11.8. The molecule has 23 heavy (non-hydrogen) atoms. The lowest BCUT2D eigenvalue weighted by Gasteiger charge is -2.06. The second kappa shape index (κ2) is 12.8. The smallest absolute Gasteiger partial charge is 0.409 e. The van der Waals surface area contributed by atoms with Crippen molar-refractivity contribution >= 4 is 5.97 Å². The zero-order chi connectivity index (χ0) is 17.6. The van der Waals surface area contributed by atoms with E-state index in [4.69, 9.17) is 9.84 Å². The van der Waals surface area contributed by atoms with Crippen LogP contribution in [0.5, 0.6) is 0 Å². The first kappa shape index (κ1) is 21.2. The van der Waals surface area contributed by atoms with Crippen molar-refractivity contribution in [2.75, 3.05) is 19.7 Å². The molecule has 0 fully saturated rings. The van der Waals surface area contributed by atoms with Crippen molar-refractivity contribution in [3.63, 3.8) is 0 Å². The van der Waals surface area contributed by atoms with E-state index in [1.165, 1.54) is 12.2 Å². The van der Waals surface area contributed by atoms with E-state index in [0.717, 1.165) is 32.0 Å². The van der Waals surface area contributed by atoms with Gasteiger partial charge in [-0.3, -0.25) is 4.79 Å². The Morgan fingerprint density at radius 2 is 1.83 bits per heavy atom. The predicted octanol–water partition coefficient (Wildman–Crippen LogP) is 3.82. The lowest BCUT2D eigenvalue weighted by Crippen LogP contribution is -2.18. The number of carbonyl (C=O) groups is 1. The highest BCUT2D eigenvalue weighted by Crippen LogP contribution is 2.15. The van der Waals surface area contributed by atoms with Crippen molar-refractivity contribution in [1.29, 1.82) is 0 Å². The molecule has 0 atom stereocenters. The van der Waals surface area contributed by atoms with E-state index < -0.39 is 12.1 Å². The zero-order valence-corrected chi connectivity index (χ0v) is 13.2. The summed E-state index contributed by atoms with van der Waals surface area (Å²) in [6, 6.07) is 0. The molecule has 0 aliphatic rings. The number of alkyl halides is 3. The summed E-state index contributed by atoms with van der Waals surface area (Å²) in [7, 11) is 0. The number of carboxylic acids is 1. The number of allylic oxidation sites excluding steroid dienone is 6. The molecule has 4 nitrogen and oxygen atoms in total. The fraction of sp³-hybridized carbons (Fsp3) is 0.562. The largest absolute Gasteiger partial charge is 0.498 e. The Kier molecular flexibility index (Phi) is 11.8. The third kappa shape index (κ3) is 18.2. The molecule has 7 heteroatoms. The molecule has 0 spiro atoms. The highest BCUT2D eigenvalue weighted by atomic mass is 19.4. The van der Waals surface area contributed by atoms with Gasteiger partial charge in [-0.2, -0.15) is 13.2 Å². The van der Waals surface area contributed by atoms with E-state index in [1.54, 1.807) is 13.0 Å². The Hall–Kier alpha value is -1.76. The van der Waals surface area contributed by atoms with E-state index in [-0.39, 0.29) is 12.5 Å². The molecular weight excluding hydrogens is 311 g/mol. The Morgan fingerprint density at radius 1 is 1.13 bits per heavy atom. The first-order valence-electron chi connectivity index (χ1n) is 7.46. The number of carboxylic acid groups (broad SMARTS) is 1. The van der Waals surface area contributed by atoms with Crippen LogP contribution >= 0.6 is 0 Å². The molecule has 0 bridgehead atoms. The van der Waals surface area contributed by atoms with Gasteiger partial charge in [0.1, 0.15) is 0 Å². The van der Waals surface area contributed by atoms with Crippen LogP contribution in [-0.2, 0) is 9.53 Å². The number of unbranched alkanes of at least 4 members (excludes halogenated alkanes) is 1. The lowest BCUT2D eigenvalue weighted by molar-refractivity contribution is -0.137. The van der Waals surface area contributed by atoms with Gasteiger partial charge >= 0.3 is 12.1 Å². The third-order valence-corrected chi connectivity index (χ3v) is 2.66. The van der Waals surface area contributed by atoms with Crippen LogP contribution in [0.3, 0.4) is 0 Å². The molecule has 0 unspecified atom stereocenters. The molecule has 0 rings (SSSR count). The Balaban J connectivity index is 3.57. The summed E-state index contributed by atoms with van der Waals surface area (Å²) in [5.41, 5.74) is 0. The number of aliphatic carboxylic acids is 1. The molecular formula is C16H24F3NO3. The van der Waals surface area contributed by atoms with Crippen molar-refractivity contribution in [1.82, 2.24) is 5.32 Å². The van der Waals surface area contributed by atoms with Gasteiger partial charge in [-0.25, -0.2) is 0 Å². The average Bonchev–Trinajstić information content (AvgIpc) is 2.43. The van der Waals surface area contributed by atoms with E-state index in [0.29, 0.717) is 18.8 Å². The standard InChI is InChI=1S/C16H24F3NO3/c1-14(8-3-2-5-10-16(17,18)19)23-13-7-12-20-11-6-4-9-15(21)22/h2-3,5,8,10,20H,4,6-7,9,11-13H2,1H3,(H,21,22)/b3-2-,10-5+,14-8+. The molecule has 0 saturated heterocycles. The first-order chi connectivity index (χ1) is 10.8. The molecule has 0 aliphatic heterocycles. The van der Waals surface area contributed by atoms with Gasteiger partial charge in [0.25, 0.3) is 0 Å². The summed E-state index contributed by atoms with van der Waals surface area (Å²) in [5, 5.41) is 11.6. The molecule has 0 radical (unpaired) electrons. The Morgan fingerprint density at radius 3 is 2.48 bits per heavy atom. The topological polar surface area (TPSA) is 58.6 Å². The maximum Gasteiger partial charge on any atom is 0.409 e. The van der Waals surface area contributed by atoms with Crippen LogP contribution in [0, 0.1) is 0 Å². The molecule has 0 amide bonds. The SMILES string of the molecule is C\C(=C/C=C\C=C\C(F)(F)F)OCCCNCCCCC(=O)O. The van der Waals surface area contributed by atoms with Crippen LogP contribution in [0.25, 0.3) is 0 Å². The Bertz CT molecular complexity index is 415. The van der Waals surface area contributed by atoms with Crippen LogP contribution in [0.2, 0.25) is 0 Å². The molecule has 2 N–H and O–H groups in total. The predicted molar refractivity (Wildman–Crippen MR) is 83.0 cm³/mol. The first-order valence-corrected chi connectivity index (χ1v) is 7.46. The highest BCUT2D eigenvalue weighted by molar-refractivity contribution is 5.66. The van der Waals surface area contributed by atoms with E-state index >= 15 is 0 Å². The Labute approximate surface area is 134 Å². The van der Waals surface area contributed by atoms with E-state index in [1.807, 2.05) is 0 Å². The minimum Gasteiger partial charge on any atom is -0.498 e. The van der Waals surface area contributed by atoms with Crippen LogP contribution < -0.4 is 5.32 Å². The van der Waals surface area contributed by atoms with Crippen molar-refractivity contribution in [3.05, 3.63) is 36.1 Å². The van der Waals surface area contributed by atoms with Crippen molar-refractivity contribution in [2.45, 2.75) is 38.8 Å². The van der Waals surface area contributed by atoms with E-state index in [9.17, 15) is 18.0 Å². The summed E-state index contributed by atoms with van der Waals surface area (Å²) in [6.45, 7) is 3.79. The summed E-state index contributed by atoms with van der Waals surface area (Å²) < 4.78 is 40.9. The minimum absolute atomic E-state index is 0.162. The molecule has 0 aromatic heterocycles. The average molecular weight is 335 g/mol. The van der Waals surface area contributed by atoms with Crippen LogP contribution in [0.1, 0.15) is 32.6 Å². The fourth-order valence-electron chi connectivity index (χ4n) is 1.55. The second-order valence-electron chi connectivity index (χ2n) is 4.87. The normalized spacial score (nSPS) is 13.1. The molecule has 132 valence electrons. The zero-order valence-electron chi connectivity index (χ0n) is 13.2. The number of nitrogens with one attached hydrogen (secondary N) is 1.